The number of halogens is 3. The van der Waals surface area contributed by atoms with Gasteiger partial charge in [-0.15, -0.1) is 0 Å². The number of rotatable bonds is 13. The molecule has 2 amide bonds. The fraction of sp³-hybridized carbons (Fsp3) is 0.300. The van der Waals surface area contributed by atoms with E-state index in [-0.39, 0.29) is 55.8 Å². The Kier molecular flexibility index (Phi) is 16.7. The number of phenolic OH excluding ortho intramolecular Hbond substituents is 1. The van der Waals surface area contributed by atoms with Crippen molar-refractivity contribution in [3.05, 3.63) is 143 Å². The van der Waals surface area contributed by atoms with E-state index in [9.17, 15) is 31.5 Å². The van der Waals surface area contributed by atoms with E-state index in [4.69, 9.17) is 34.8 Å². The molecule has 392 valence electrons. The molecule has 73 heavy (non-hydrogen) atoms. The summed E-state index contributed by atoms with van der Waals surface area (Å²) in [6.07, 6.45) is 6.18. The fourth-order valence-electron chi connectivity index (χ4n) is 8.84. The summed E-state index contributed by atoms with van der Waals surface area (Å²) in [7, 11) is -7.57. The highest BCUT2D eigenvalue weighted by atomic mass is 35.5. The van der Waals surface area contributed by atoms with Crippen molar-refractivity contribution in [3.8, 4) is 5.75 Å². The second-order valence-electron chi connectivity index (χ2n) is 17.5. The Labute approximate surface area is 446 Å². The number of piperazine rings is 2. The van der Waals surface area contributed by atoms with E-state index in [2.05, 4.69) is 44.4 Å². The van der Waals surface area contributed by atoms with Gasteiger partial charge in [0.05, 0.1) is 26.2 Å². The number of phenols is 1. The number of pyridine rings is 1. The van der Waals surface area contributed by atoms with Crippen molar-refractivity contribution in [3.63, 3.8) is 0 Å². The summed E-state index contributed by atoms with van der Waals surface area (Å²) in [4.78, 5) is 48.3. The van der Waals surface area contributed by atoms with Gasteiger partial charge in [0, 0.05) is 105 Å². The Bertz CT molecular complexity index is 3150. The molecule has 0 aliphatic carbocycles. The number of hydrogen-bond donors (Lipinski definition) is 4. The molecule has 9 rings (SSSR count). The third kappa shape index (κ3) is 13.0. The van der Waals surface area contributed by atoms with E-state index in [1.807, 2.05) is 30.0 Å². The van der Waals surface area contributed by atoms with Crippen LogP contribution < -0.4 is 29.5 Å². The molecule has 23 heteroatoms. The predicted molar refractivity (Wildman–Crippen MR) is 295 cm³/mol. The van der Waals surface area contributed by atoms with E-state index >= 15 is 0 Å². The standard InChI is InChI=1S/C27H29Cl2N5O3S.C23H25ClN6O4S.4H2/c1-19(34-13-3-4-20-18-21(28)6-11-25(20)34)27(35)33-16-14-32(15-17-33)22-7-9-23(10-8-22)38(36,37)31-24-5-2-12-30-26(24)29;1-16(27-21-7-4-18(31)14-20(21)24)23(32)30-12-10-29(11-13-30)17-2-5-19(6-3-17)35(33,34)28-22-8-9-25-15-26-22;;;;/h2,5-12,18-19,31H,3-4,13-17H2,1H3;2-9,14-16,27,31H,10-13H2,1H3,(H,25,26,28);4*1H/t19-;;;;;/m1...../s1. The summed E-state index contributed by atoms with van der Waals surface area (Å²) in [5.74, 6) is 0.324. The molecule has 2 fully saturated rings. The zero-order chi connectivity index (χ0) is 51.9. The van der Waals surface area contributed by atoms with Crippen LogP contribution in [0, 0.1) is 0 Å². The van der Waals surface area contributed by atoms with Crippen LogP contribution in [0.5, 0.6) is 5.75 Å². The maximum Gasteiger partial charge on any atom is 0.263 e. The number of aromatic hydroxyl groups is 1. The minimum Gasteiger partial charge on any atom is -0.508 e. The largest absolute Gasteiger partial charge is 0.508 e. The fourth-order valence-corrected chi connectivity index (χ4v) is 11.6. The average Bonchev–Trinajstić information content (AvgIpc) is 3.39. The first-order valence-electron chi connectivity index (χ1n) is 23.5. The van der Waals surface area contributed by atoms with Gasteiger partial charge in [0.2, 0.25) is 11.8 Å². The second kappa shape index (κ2) is 23.1. The van der Waals surface area contributed by atoms with Gasteiger partial charge in [-0.2, -0.15) is 0 Å². The van der Waals surface area contributed by atoms with Crippen LogP contribution in [0.15, 0.2) is 132 Å². The number of sulfonamides is 2. The van der Waals surface area contributed by atoms with E-state index in [0.717, 1.165) is 41.5 Å². The van der Waals surface area contributed by atoms with E-state index in [1.165, 1.54) is 42.5 Å². The molecule has 5 heterocycles. The molecule has 2 aromatic heterocycles. The molecule has 0 saturated carbocycles. The number of anilines is 6. The summed E-state index contributed by atoms with van der Waals surface area (Å²) >= 11 is 18.3. The maximum atomic E-state index is 13.4. The van der Waals surface area contributed by atoms with Crippen molar-refractivity contribution in [1.29, 1.82) is 0 Å². The highest BCUT2D eigenvalue weighted by Gasteiger charge is 2.32. The van der Waals surface area contributed by atoms with Crippen molar-refractivity contribution in [2.75, 3.05) is 88.4 Å². The molecule has 1 unspecified atom stereocenters. The van der Waals surface area contributed by atoms with Crippen LogP contribution in [0.2, 0.25) is 15.2 Å². The van der Waals surface area contributed by atoms with Crippen LogP contribution in [0.4, 0.5) is 34.3 Å². The molecule has 2 atom stereocenters. The molecule has 2 saturated heterocycles. The molecule has 6 aromatic rings. The molecule has 0 spiro atoms. The zero-order valence-electron chi connectivity index (χ0n) is 39.9. The molecular weight excluding hydrogens is 1040 g/mol. The van der Waals surface area contributed by atoms with Gasteiger partial charge in [0.1, 0.15) is 30.0 Å². The number of carbonyl (C=O) groups excluding carboxylic acids is 2. The van der Waals surface area contributed by atoms with Crippen LogP contribution in [0.25, 0.3) is 0 Å². The van der Waals surface area contributed by atoms with Crippen LogP contribution in [-0.4, -0.2) is 129 Å². The van der Waals surface area contributed by atoms with Crippen molar-refractivity contribution in [1.82, 2.24) is 24.8 Å². The number of aryl methyl sites for hydroxylation is 1. The van der Waals surface area contributed by atoms with Crippen LogP contribution >= 0.6 is 34.8 Å². The molecule has 4 N–H and O–H groups in total. The summed E-state index contributed by atoms with van der Waals surface area (Å²) in [5.41, 5.74) is 4.87. The Morgan fingerprint density at radius 3 is 1.84 bits per heavy atom. The van der Waals surface area contributed by atoms with Gasteiger partial charge in [0.25, 0.3) is 20.0 Å². The number of nitrogens with zero attached hydrogens (tertiary/aromatic N) is 8. The summed E-state index contributed by atoms with van der Waals surface area (Å²) in [6.45, 7) is 9.42. The smallest absolute Gasteiger partial charge is 0.263 e. The van der Waals surface area contributed by atoms with Gasteiger partial charge in [0.15, 0.2) is 5.15 Å². The Morgan fingerprint density at radius 1 is 0.658 bits per heavy atom. The highest BCUT2D eigenvalue weighted by molar-refractivity contribution is 7.93. The predicted octanol–water partition coefficient (Wildman–Crippen LogP) is 8.45. The highest BCUT2D eigenvalue weighted by Crippen LogP contribution is 2.33. The SMILES string of the molecule is CC(Nc1ccc(O)cc1Cl)C(=O)N1CCN(c2ccc(S(=O)(=O)Nc3ccncn3)cc2)CC1.C[C@H](C(=O)N1CCN(c2ccc(S(=O)(=O)Nc3cccnc3Cl)cc2)CC1)N1CCCc2cc(Cl)ccc21.[HH].[HH].[HH].[HH]. The molecule has 0 bridgehead atoms. The first-order valence-corrected chi connectivity index (χ1v) is 27.6. The molecule has 3 aliphatic rings. The summed E-state index contributed by atoms with van der Waals surface area (Å²) in [6, 6.07) is 27.7. The van der Waals surface area contributed by atoms with Crippen molar-refractivity contribution < 1.29 is 37.2 Å². The topological polar surface area (TPSA) is 214 Å². The number of carbonyl (C=O) groups is 2. The van der Waals surface area contributed by atoms with E-state index < -0.39 is 26.1 Å². The zero-order valence-corrected chi connectivity index (χ0v) is 43.8. The van der Waals surface area contributed by atoms with Crippen LogP contribution in [0.1, 0.15) is 31.5 Å². The number of benzene rings is 4. The average molecular weight is 1100 g/mol. The summed E-state index contributed by atoms with van der Waals surface area (Å²) in [5, 5.41) is 13.7. The molecule has 4 aromatic carbocycles. The third-order valence-corrected chi connectivity index (χ3v) is 16.3. The van der Waals surface area contributed by atoms with E-state index in [0.29, 0.717) is 63.1 Å². The number of nitrogens with one attached hydrogen (secondary N) is 3. The lowest BCUT2D eigenvalue weighted by molar-refractivity contribution is -0.133. The third-order valence-electron chi connectivity index (χ3n) is 12.7. The van der Waals surface area contributed by atoms with Crippen LogP contribution in [-0.2, 0) is 36.1 Å². The van der Waals surface area contributed by atoms with Crippen molar-refractivity contribution >= 4 is 101 Å². The summed E-state index contributed by atoms with van der Waals surface area (Å²) < 4.78 is 55.6. The molecule has 3 aliphatic heterocycles. The Morgan fingerprint density at radius 2 is 1.26 bits per heavy atom. The number of hydrogen-bond acceptors (Lipinski definition) is 14. The van der Waals surface area contributed by atoms with Gasteiger partial charge in [-0.05, 0) is 129 Å². The maximum absolute atomic E-state index is 13.4. The molecule has 0 radical (unpaired) electrons. The van der Waals surface area contributed by atoms with E-state index in [1.54, 1.807) is 78.6 Å². The second-order valence-corrected chi connectivity index (χ2v) is 22.1. The minimum atomic E-state index is -3.81. The monoisotopic (exact) mass is 1100 g/mol. The lowest BCUT2D eigenvalue weighted by atomic mass is 10.00. The van der Waals surface area contributed by atoms with Gasteiger partial charge < -0.3 is 34.9 Å². The first-order chi connectivity index (χ1) is 35.0. The van der Waals surface area contributed by atoms with Gasteiger partial charge in [-0.1, -0.05) is 34.8 Å². The Hall–Kier alpha value is -6.58. The van der Waals surface area contributed by atoms with Gasteiger partial charge >= 0.3 is 0 Å². The lowest BCUT2D eigenvalue weighted by Crippen LogP contribution is -2.55. The quantitative estimate of drug-likeness (QED) is 0.0631. The van der Waals surface area contributed by atoms with Gasteiger partial charge in [-0.3, -0.25) is 19.0 Å². The number of fused-ring (bicyclic) bond motifs is 1. The minimum absolute atomic E-state index is 0. The van der Waals surface area contributed by atoms with Crippen molar-refractivity contribution in [2.24, 2.45) is 0 Å². The van der Waals surface area contributed by atoms with Crippen LogP contribution in [0.3, 0.4) is 0 Å². The first kappa shape index (κ1) is 52.7. The number of aromatic nitrogens is 3. The normalized spacial score (nSPS) is 15.8. The number of amides is 2. The lowest BCUT2D eigenvalue weighted by Gasteiger charge is -2.41. The van der Waals surface area contributed by atoms with Crippen molar-refractivity contribution in [2.45, 2.75) is 48.6 Å². The van der Waals surface area contributed by atoms with Gasteiger partial charge in [-0.25, -0.2) is 31.8 Å². The Balaban J connectivity index is 0.000000317. The molecular formula is C50H62Cl3N11O7S2. The molecule has 18 nitrogen and oxygen atoms in total.